The van der Waals surface area contributed by atoms with Crippen LogP contribution in [0.1, 0.15) is 0 Å². The Morgan fingerprint density at radius 1 is 0.857 bits per heavy atom. The summed E-state index contributed by atoms with van der Waals surface area (Å²) in [6.45, 7) is 0. The molecule has 4 nitrogen and oxygen atoms in total. The van der Waals surface area contributed by atoms with E-state index in [9.17, 15) is 4.79 Å². The molecule has 100 valence electrons. The van der Waals surface area contributed by atoms with E-state index in [4.69, 9.17) is 0 Å². The van der Waals surface area contributed by atoms with E-state index in [0.29, 0.717) is 5.39 Å². The molecule has 0 aliphatic carbocycles. The number of nitrogens with one attached hydrogen (secondary N) is 1. The number of hydrogen-bond acceptors (Lipinski definition) is 3. The lowest BCUT2D eigenvalue weighted by atomic mass is 10.0. The van der Waals surface area contributed by atoms with Gasteiger partial charge in [0.25, 0.3) is 5.56 Å². The van der Waals surface area contributed by atoms with Gasteiger partial charge in [-0.3, -0.25) is 9.78 Å². The lowest BCUT2D eigenvalue weighted by Crippen LogP contribution is -2.09. The fraction of sp³-hybridized carbons (Fsp3) is 0. The summed E-state index contributed by atoms with van der Waals surface area (Å²) in [5.74, 6) is 0. The fourth-order valence-electron chi connectivity index (χ4n) is 2.64. The third kappa shape index (κ3) is 1.80. The molecule has 21 heavy (non-hydrogen) atoms. The molecule has 0 radical (unpaired) electrons. The van der Waals surface area contributed by atoms with Crippen molar-refractivity contribution in [1.29, 1.82) is 0 Å². The Balaban J connectivity index is 2.15. The summed E-state index contributed by atoms with van der Waals surface area (Å²) in [5.41, 5.74) is 1.56. The monoisotopic (exact) mass is 273 g/mol. The van der Waals surface area contributed by atoms with Gasteiger partial charge in [-0.2, -0.15) is 5.10 Å². The average Bonchev–Trinajstić information content (AvgIpc) is 2.55. The number of nitrogens with zero attached hydrogens (tertiary/aromatic N) is 2. The first-order valence-electron chi connectivity index (χ1n) is 6.65. The molecule has 0 atom stereocenters. The maximum atomic E-state index is 11.9. The Morgan fingerprint density at radius 2 is 1.71 bits per heavy atom. The zero-order valence-electron chi connectivity index (χ0n) is 11.1. The van der Waals surface area contributed by atoms with Crippen molar-refractivity contribution in [3.05, 3.63) is 71.3 Å². The van der Waals surface area contributed by atoms with Gasteiger partial charge in [0.1, 0.15) is 0 Å². The molecular formula is C17H11N3O. The first kappa shape index (κ1) is 11.8. The quantitative estimate of drug-likeness (QED) is 0.579. The van der Waals surface area contributed by atoms with Crippen LogP contribution >= 0.6 is 0 Å². The van der Waals surface area contributed by atoms with Gasteiger partial charge in [-0.1, -0.05) is 36.4 Å². The second kappa shape index (κ2) is 4.52. The summed E-state index contributed by atoms with van der Waals surface area (Å²) in [6.07, 6.45) is 3.59. The van der Waals surface area contributed by atoms with E-state index in [2.05, 4.69) is 15.2 Å². The van der Waals surface area contributed by atoms with Gasteiger partial charge < -0.3 is 0 Å². The molecule has 0 unspecified atom stereocenters. The maximum absolute atomic E-state index is 11.9. The molecule has 0 aliphatic rings. The van der Waals surface area contributed by atoms with Gasteiger partial charge in [0, 0.05) is 28.7 Å². The fourth-order valence-corrected chi connectivity index (χ4v) is 2.64. The first-order valence-corrected chi connectivity index (χ1v) is 6.65. The van der Waals surface area contributed by atoms with Crippen molar-refractivity contribution in [3.8, 4) is 11.3 Å². The molecule has 4 heteroatoms. The average molecular weight is 273 g/mol. The molecule has 0 spiro atoms. The van der Waals surface area contributed by atoms with Crippen LogP contribution in [0.2, 0.25) is 0 Å². The van der Waals surface area contributed by atoms with E-state index in [0.717, 1.165) is 27.4 Å². The summed E-state index contributed by atoms with van der Waals surface area (Å²) >= 11 is 0. The zero-order valence-corrected chi connectivity index (χ0v) is 11.1. The number of H-pyrrole nitrogens is 1. The molecule has 4 aromatic rings. The highest BCUT2D eigenvalue weighted by Gasteiger charge is 2.10. The highest BCUT2D eigenvalue weighted by molar-refractivity contribution is 6.03. The summed E-state index contributed by atoms with van der Waals surface area (Å²) < 4.78 is 0. The summed E-state index contributed by atoms with van der Waals surface area (Å²) in [5, 5.41) is 10.4. The molecule has 0 saturated carbocycles. The summed E-state index contributed by atoms with van der Waals surface area (Å²) in [4.78, 5) is 16.1. The van der Waals surface area contributed by atoms with E-state index >= 15 is 0 Å². The third-order valence-corrected chi connectivity index (χ3v) is 3.63. The SMILES string of the molecule is O=c1[nH]nc(-c2cccc3ccncc23)c2ccccc12. The molecular weight excluding hydrogens is 262 g/mol. The largest absolute Gasteiger partial charge is 0.272 e. The first-order chi connectivity index (χ1) is 10.3. The standard InChI is InChI=1S/C17H11N3O/c21-17-14-6-2-1-5-12(14)16(19-20-17)13-7-3-4-11-8-9-18-10-15(11)13/h1-10H,(H,20,21). The Bertz CT molecular complexity index is 1020. The van der Waals surface area contributed by atoms with E-state index in [1.54, 1.807) is 6.20 Å². The van der Waals surface area contributed by atoms with Crippen LogP contribution in [0.5, 0.6) is 0 Å². The Labute approximate surface area is 120 Å². The van der Waals surface area contributed by atoms with Gasteiger partial charge in [0.2, 0.25) is 0 Å². The second-order valence-corrected chi connectivity index (χ2v) is 4.85. The third-order valence-electron chi connectivity index (χ3n) is 3.63. The molecule has 0 fully saturated rings. The topological polar surface area (TPSA) is 58.6 Å². The maximum Gasteiger partial charge on any atom is 0.272 e. The van der Waals surface area contributed by atoms with Crippen LogP contribution in [0, 0.1) is 0 Å². The number of pyridine rings is 1. The van der Waals surface area contributed by atoms with E-state index in [1.165, 1.54) is 0 Å². The van der Waals surface area contributed by atoms with Gasteiger partial charge in [0.15, 0.2) is 0 Å². The van der Waals surface area contributed by atoms with Crippen molar-refractivity contribution < 1.29 is 0 Å². The second-order valence-electron chi connectivity index (χ2n) is 4.85. The van der Waals surface area contributed by atoms with Crippen LogP contribution in [0.25, 0.3) is 32.8 Å². The number of rotatable bonds is 1. The van der Waals surface area contributed by atoms with Crippen LogP contribution in [-0.4, -0.2) is 15.2 Å². The van der Waals surface area contributed by atoms with Crippen molar-refractivity contribution in [2.75, 3.05) is 0 Å². The van der Waals surface area contributed by atoms with Crippen LogP contribution in [0.15, 0.2) is 65.7 Å². The van der Waals surface area contributed by atoms with Gasteiger partial charge >= 0.3 is 0 Å². The number of fused-ring (bicyclic) bond motifs is 2. The highest BCUT2D eigenvalue weighted by Crippen LogP contribution is 2.30. The molecule has 2 aromatic heterocycles. The molecule has 0 bridgehead atoms. The predicted molar refractivity (Wildman–Crippen MR) is 83.1 cm³/mol. The van der Waals surface area contributed by atoms with Gasteiger partial charge in [-0.25, -0.2) is 5.10 Å². The van der Waals surface area contributed by atoms with E-state index in [-0.39, 0.29) is 5.56 Å². The number of benzene rings is 2. The predicted octanol–water partition coefficient (Wildman–Crippen LogP) is 3.14. The van der Waals surface area contributed by atoms with Crippen molar-refractivity contribution >= 4 is 21.5 Å². The van der Waals surface area contributed by atoms with Crippen molar-refractivity contribution in [1.82, 2.24) is 15.2 Å². The van der Waals surface area contributed by atoms with Gasteiger partial charge in [-0.15, -0.1) is 0 Å². The number of aromatic nitrogens is 3. The molecule has 2 aromatic carbocycles. The highest BCUT2D eigenvalue weighted by atomic mass is 16.1. The Hall–Kier alpha value is -3.01. The molecule has 0 aliphatic heterocycles. The van der Waals surface area contributed by atoms with Crippen molar-refractivity contribution in [2.45, 2.75) is 0 Å². The van der Waals surface area contributed by atoms with E-state index in [1.807, 2.05) is 54.7 Å². The minimum atomic E-state index is -0.173. The summed E-state index contributed by atoms with van der Waals surface area (Å²) in [7, 11) is 0. The van der Waals surface area contributed by atoms with Crippen LogP contribution in [0.4, 0.5) is 0 Å². The smallest absolute Gasteiger partial charge is 0.267 e. The van der Waals surface area contributed by atoms with Gasteiger partial charge in [0.05, 0.1) is 11.1 Å². The molecule has 0 saturated heterocycles. The van der Waals surface area contributed by atoms with Crippen LogP contribution in [-0.2, 0) is 0 Å². The molecule has 0 amide bonds. The molecule has 1 N–H and O–H groups in total. The lowest BCUT2D eigenvalue weighted by molar-refractivity contribution is 1.02. The van der Waals surface area contributed by atoms with E-state index < -0.39 is 0 Å². The minimum Gasteiger partial charge on any atom is -0.267 e. The van der Waals surface area contributed by atoms with Crippen LogP contribution in [0.3, 0.4) is 0 Å². The van der Waals surface area contributed by atoms with Gasteiger partial charge in [-0.05, 0) is 17.5 Å². The Morgan fingerprint density at radius 3 is 2.62 bits per heavy atom. The minimum absolute atomic E-state index is 0.173. The summed E-state index contributed by atoms with van der Waals surface area (Å²) in [6, 6.07) is 15.5. The molecule has 2 heterocycles. The zero-order chi connectivity index (χ0) is 14.2. The number of hydrogen-bond donors (Lipinski definition) is 1. The molecule has 4 rings (SSSR count). The van der Waals surface area contributed by atoms with Crippen LogP contribution < -0.4 is 5.56 Å². The lowest BCUT2D eigenvalue weighted by Gasteiger charge is -2.08. The normalized spacial score (nSPS) is 11.0. The number of aromatic amines is 1. The Kier molecular flexibility index (Phi) is 2.54. The van der Waals surface area contributed by atoms with Crippen molar-refractivity contribution in [3.63, 3.8) is 0 Å². The van der Waals surface area contributed by atoms with Crippen molar-refractivity contribution in [2.24, 2.45) is 0 Å².